The van der Waals surface area contributed by atoms with Crippen molar-refractivity contribution in [2.45, 2.75) is 25.5 Å². The average Bonchev–Trinajstić information content (AvgIpc) is 3.03. The monoisotopic (exact) mass is 481 g/mol. The van der Waals surface area contributed by atoms with Crippen molar-refractivity contribution < 1.29 is 15.6 Å². The van der Waals surface area contributed by atoms with Crippen LogP contribution in [0.4, 0.5) is 0 Å². The quantitative estimate of drug-likeness (QED) is 0.513. The van der Waals surface area contributed by atoms with Crippen LogP contribution in [0.5, 0.6) is 0 Å². The Bertz CT molecular complexity index is 580. The first kappa shape index (κ1) is 18.7. The van der Waals surface area contributed by atoms with Gasteiger partial charge in [0, 0.05) is 11.1 Å². The molecule has 0 bridgehead atoms. The van der Waals surface area contributed by atoms with Crippen LogP contribution in [-0.4, -0.2) is 12.4 Å². The molecule has 0 fully saturated rings. The molecular weight excluding hydrogens is 465 g/mol. The Morgan fingerprint density at radius 1 is 0.957 bits per heavy atom. The Morgan fingerprint density at radius 2 is 1.39 bits per heavy atom. The van der Waals surface area contributed by atoms with Crippen molar-refractivity contribution in [3.8, 4) is 0 Å². The summed E-state index contributed by atoms with van der Waals surface area (Å²) in [6, 6.07) is 20.9. The van der Waals surface area contributed by atoms with E-state index in [2.05, 4.69) is 95.8 Å². The summed E-state index contributed by atoms with van der Waals surface area (Å²) in [5.41, 5.74) is 1.81. The second-order valence-electron chi connectivity index (χ2n) is 5.57. The molecule has 2 aromatic carbocycles. The maximum atomic E-state index is 6.09. The molecular formula is C18H19Br2NNiO. The van der Waals surface area contributed by atoms with Gasteiger partial charge >= 0.3 is 39.3 Å². The standard InChI is InChI=1S/C18H19NO.2BrH.Ni/c1-14(2)17-18(20-13-19-17,15-9-5-3-6-10-15)16-11-7-4-8-12-16;;;/h3-14,17H,1-2H3;2*1H;/q;;;+2/p-2/t17-;;;/m1.../s1. The van der Waals surface area contributed by atoms with Crippen LogP contribution in [0.15, 0.2) is 65.7 Å². The molecule has 1 atom stereocenters. The van der Waals surface area contributed by atoms with E-state index in [0.717, 1.165) is 11.1 Å². The third-order valence-corrected chi connectivity index (χ3v) is 3.91. The number of halogens is 2. The molecule has 1 heterocycles. The number of nitrogens with zero attached hydrogens (tertiary/aromatic N) is 1. The van der Waals surface area contributed by atoms with Crippen LogP contribution < -0.4 is 0 Å². The fourth-order valence-corrected chi connectivity index (χ4v) is 3.01. The van der Waals surface area contributed by atoms with Gasteiger partial charge < -0.3 is 4.74 Å². The van der Waals surface area contributed by atoms with Gasteiger partial charge in [-0.2, -0.15) is 0 Å². The van der Waals surface area contributed by atoms with Crippen molar-refractivity contribution in [2.75, 3.05) is 0 Å². The first-order valence-electron chi connectivity index (χ1n) is 7.29. The van der Waals surface area contributed by atoms with Crippen LogP contribution in [0, 0.1) is 5.92 Å². The van der Waals surface area contributed by atoms with E-state index < -0.39 is 5.60 Å². The van der Waals surface area contributed by atoms with Gasteiger partial charge in [0.1, 0.15) is 6.04 Å². The summed E-state index contributed by atoms with van der Waals surface area (Å²) in [4.78, 5) is 4.59. The number of hydrogen-bond acceptors (Lipinski definition) is 2. The second kappa shape index (κ2) is 9.01. The number of ether oxygens (including phenoxy) is 1. The van der Waals surface area contributed by atoms with E-state index in [1.807, 2.05) is 12.1 Å². The van der Waals surface area contributed by atoms with Crippen molar-refractivity contribution in [1.29, 1.82) is 0 Å². The van der Waals surface area contributed by atoms with Crippen LogP contribution in [0.1, 0.15) is 25.0 Å². The van der Waals surface area contributed by atoms with Crippen LogP contribution in [-0.2, 0) is 21.2 Å². The molecule has 0 amide bonds. The summed E-state index contributed by atoms with van der Waals surface area (Å²) in [5, 5.41) is 0. The summed E-state index contributed by atoms with van der Waals surface area (Å²) < 4.78 is 6.09. The fourth-order valence-electron chi connectivity index (χ4n) is 3.01. The first-order chi connectivity index (χ1) is 11.2. The molecule has 0 unspecified atom stereocenters. The molecule has 1 aliphatic heterocycles. The Kier molecular flexibility index (Phi) is 7.32. The summed E-state index contributed by atoms with van der Waals surface area (Å²) >= 11 is 6.00. The number of benzene rings is 2. The summed E-state index contributed by atoms with van der Waals surface area (Å²) in [7, 11) is 1.25. The van der Waals surface area contributed by atoms with E-state index in [4.69, 9.17) is 4.74 Å². The molecule has 0 N–H and O–H groups in total. The van der Waals surface area contributed by atoms with E-state index >= 15 is 0 Å². The normalized spacial score (nSPS) is 18.4. The predicted molar refractivity (Wildman–Crippen MR) is 99.7 cm³/mol. The minimum absolute atomic E-state index is 0.0901. The topological polar surface area (TPSA) is 21.6 Å². The van der Waals surface area contributed by atoms with E-state index in [9.17, 15) is 0 Å². The van der Waals surface area contributed by atoms with Crippen LogP contribution in [0.25, 0.3) is 0 Å². The van der Waals surface area contributed by atoms with Gasteiger partial charge in [0.2, 0.25) is 0 Å². The van der Waals surface area contributed by atoms with Gasteiger partial charge in [-0.05, 0) is 5.92 Å². The molecule has 0 radical (unpaired) electrons. The number of aliphatic imine (C=N–C) groups is 1. The maximum absolute atomic E-state index is 6.09. The van der Waals surface area contributed by atoms with Gasteiger partial charge in [-0.25, -0.2) is 4.99 Å². The first-order valence-corrected chi connectivity index (χ1v) is 12.2. The fraction of sp³-hybridized carbons (Fsp3) is 0.278. The molecule has 5 heteroatoms. The minimum atomic E-state index is -0.503. The van der Waals surface area contributed by atoms with E-state index in [1.54, 1.807) is 6.40 Å². The summed E-state index contributed by atoms with van der Waals surface area (Å²) in [5.74, 6) is 0.397. The Balaban J connectivity index is 0.000000595. The van der Waals surface area contributed by atoms with Gasteiger partial charge in [0.25, 0.3) is 0 Å². The van der Waals surface area contributed by atoms with Crippen LogP contribution in [0.2, 0.25) is 0 Å². The summed E-state index contributed by atoms with van der Waals surface area (Å²) in [6.07, 6.45) is 1.62. The Labute approximate surface area is 158 Å². The molecule has 0 aliphatic carbocycles. The number of hydrogen-bond donors (Lipinski definition) is 0. The molecule has 23 heavy (non-hydrogen) atoms. The van der Waals surface area contributed by atoms with E-state index in [0.29, 0.717) is 5.92 Å². The predicted octanol–water partition coefficient (Wildman–Crippen LogP) is 5.70. The van der Waals surface area contributed by atoms with E-state index in [-0.39, 0.29) is 6.04 Å². The molecule has 3 rings (SSSR count). The molecule has 0 saturated carbocycles. The van der Waals surface area contributed by atoms with Crippen molar-refractivity contribution in [1.82, 2.24) is 0 Å². The SMILES string of the molecule is CC(C)[C@H]1N=COC1(c1ccccc1)c1ccccc1.[Br][Ni][Br]. The van der Waals surface area contributed by atoms with Gasteiger partial charge in [0.15, 0.2) is 12.0 Å². The molecule has 0 aromatic heterocycles. The molecule has 126 valence electrons. The van der Waals surface area contributed by atoms with Gasteiger partial charge in [-0.15, -0.1) is 0 Å². The molecule has 0 saturated heterocycles. The zero-order valence-corrected chi connectivity index (χ0v) is 17.1. The third-order valence-electron chi connectivity index (χ3n) is 3.91. The Hall–Kier alpha value is -0.636. The third kappa shape index (κ3) is 4.07. The molecule has 1 aliphatic rings. The molecule has 2 nitrogen and oxygen atoms in total. The van der Waals surface area contributed by atoms with Gasteiger partial charge in [-0.1, -0.05) is 74.5 Å². The summed E-state index contributed by atoms with van der Waals surface area (Å²) in [6.45, 7) is 4.38. The molecule has 0 spiro atoms. The van der Waals surface area contributed by atoms with E-state index in [1.165, 1.54) is 10.9 Å². The van der Waals surface area contributed by atoms with Crippen LogP contribution in [0.3, 0.4) is 0 Å². The zero-order chi connectivity index (χ0) is 16.7. The van der Waals surface area contributed by atoms with Crippen molar-refractivity contribution in [2.24, 2.45) is 10.9 Å². The van der Waals surface area contributed by atoms with Crippen molar-refractivity contribution in [3.63, 3.8) is 0 Å². The Morgan fingerprint density at radius 3 is 1.78 bits per heavy atom. The van der Waals surface area contributed by atoms with Gasteiger partial charge in [0.05, 0.1) is 0 Å². The molecule has 2 aromatic rings. The van der Waals surface area contributed by atoms with Crippen molar-refractivity contribution in [3.05, 3.63) is 71.8 Å². The van der Waals surface area contributed by atoms with Gasteiger partial charge in [-0.3, -0.25) is 0 Å². The van der Waals surface area contributed by atoms with Crippen molar-refractivity contribution >= 4 is 34.9 Å². The number of rotatable bonds is 3. The van der Waals surface area contributed by atoms with Crippen LogP contribution >= 0.6 is 28.5 Å². The average molecular weight is 484 g/mol. The second-order valence-corrected chi connectivity index (χ2v) is 10.6. The zero-order valence-electron chi connectivity index (χ0n) is 12.9.